The molecule has 0 unspecified atom stereocenters. The molecule has 6 N–H and O–H groups in total. The van der Waals surface area contributed by atoms with Crippen LogP contribution in [-0.2, 0) is 0 Å². The zero-order chi connectivity index (χ0) is 13.9. The Morgan fingerprint density at radius 2 is 1.78 bits per heavy atom. The summed E-state index contributed by atoms with van der Waals surface area (Å²) in [7, 11) is 2.86. The number of rotatable bonds is 1. The number of amides is 2. The van der Waals surface area contributed by atoms with Gasteiger partial charge in [-0.05, 0) is 0 Å². The van der Waals surface area contributed by atoms with Crippen LogP contribution in [0.2, 0.25) is 0 Å². The van der Waals surface area contributed by atoms with Crippen molar-refractivity contribution in [2.45, 2.75) is 0 Å². The predicted octanol–water partition coefficient (Wildman–Crippen LogP) is 0.421. The fraction of sp³-hybridized carbons (Fsp3) is 0.200. The van der Waals surface area contributed by atoms with Gasteiger partial charge in [-0.15, -0.1) is 0 Å². The number of phenolic OH excluding ortho intramolecular Hbond substituents is 3. The van der Waals surface area contributed by atoms with Gasteiger partial charge in [0.05, 0.1) is 5.69 Å². The summed E-state index contributed by atoms with van der Waals surface area (Å²) in [4.78, 5) is 12.6. The van der Waals surface area contributed by atoms with Gasteiger partial charge in [0, 0.05) is 26.2 Å². The number of benzene rings is 1. The van der Waals surface area contributed by atoms with Crippen LogP contribution in [0, 0.1) is 5.41 Å². The fourth-order valence-corrected chi connectivity index (χ4v) is 1.15. The van der Waals surface area contributed by atoms with Crippen LogP contribution in [0.25, 0.3) is 0 Å². The number of carbonyl (C=O) groups excluding carboxylic acids is 1. The minimum Gasteiger partial charge on any atom is -0.504 e. The second kappa shape index (κ2) is 5.13. The first-order chi connectivity index (χ1) is 8.36. The van der Waals surface area contributed by atoms with Crippen LogP contribution >= 0.6 is 0 Å². The maximum absolute atomic E-state index is 11.6. The number of guanidine groups is 1. The van der Waals surface area contributed by atoms with E-state index in [1.807, 2.05) is 0 Å². The van der Waals surface area contributed by atoms with E-state index in [2.05, 4.69) is 10.6 Å². The van der Waals surface area contributed by atoms with Gasteiger partial charge < -0.3 is 26.0 Å². The van der Waals surface area contributed by atoms with E-state index < -0.39 is 23.3 Å². The summed E-state index contributed by atoms with van der Waals surface area (Å²) in [6, 6.07) is 1.51. The number of carbonyl (C=O) groups is 1. The summed E-state index contributed by atoms with van der Waals surface area (Å²) in [5.41, 5.74) is 0.0866. The molecule has 8 nitrogen and oxygen atoms in total. The average molecular weight is 254 g/mol. The topological polar surface area (TPSA) is 129 Å². The molecule has 2 amide bonds. The summed E-state index contributed by atoms with van der Waals surface area (Å²) in [6.45, 7) is 0. The van der Waals surface area contributed by atoms with Crippen molar-refractivity contribution < 1.29 is 20.1 Å². The molecule has 0 spiro atoms. The lowest BCUT2D eigenvalue weighted by Gasteiger charge is -2.18. The number of urea groups is 1. The molecule has 1 aromatic rings. The molecule has 0 atom stereocenters. The number of nitrogens with zero attached hydrogens (tertiary/aromatic N) is 1. The summed E-state index contributed by atoms with van der Waals surface area (Å²) < 4.78 is 0. The van der Waals surface area contributed by atoms with Crippen molar-refractivity contribution in [2.75, 3.05) is 19.4 Å². The molecule has 1 aromatic carbocycles. The molecule has 0 bridgehead atoms. The molecule has 0 saturated heterocycles. The van der Waals surface area contributed by atoms with Crippen molar-refractivity contribution in [1.82, 2.24) is 10.2 Å². The van der Waals surface area contributed by atoms with Gasteiger partial charge in [-0.25, -0.2) is 4.79 Å². The lowest BCUT2D eigenvalue weighted by molar-refractivity contribution is 0.238. The van der Waals surface area contributed by atoms with Gasteiger partial charge in [0.2, 0.25) is 0 Å². The Labute approximate surface area is 103 Å². The van der Waals surface area contributed by atoms with Crippen molar-refractivity contribution in [2.24, 2.45) is 0 Å². The molecule has 0 saturated carbocycles. The molecule has 8 heteroatoms. The second-order valence-electron chi connectivity index (χ2n) is 3.45. The quantitative estimate of drug-likeness (QED) is 0.187. The largest absolute Gasteiger partial charge is 0.504 e. The van der Waals surface area contributed by atoms with Crippen LogP contribution in [-0.4, -0.2) is 46.3 Å². The lowest BCUT2D eigenvalue weighted by Crippen LogP contribution is -2.42. The van der Waals surface area contributed by atoms with E-state index in [0.29, 0.717) is 0 Å². The molecule has 0 fully saturated rings. The summed E-state index contributed by atoms with van der Waals surface area (Å²) in [5, 5.41) is 39.8. The highest BCUT2D eigenvalue weighted by Crippen LogP contribution is 2.37. The van der Waals surface area contributed by atoms with E-state index in [0.717, 1.165) is 17.0 Å². The zero-order valence-corrected chi connectivity index (χ0v) is 9.85. The first kappa shape index (κ1) is 13.4. The highest BCUT2D eigenvalue weighted by atomic mass is 16.3. The predicted molar refractivity (Wildman–Crippen MR) is 65.0 cm³/mol. The van der Waals surface area contributed by atoms with Crippen LogP contribution in [0.15, 0.2) is 12.1 Å². The minimum atomic E-state index is -0.663. The summed E-state index contributed by atoms with van der Waals surface area (Å²) in [5.74, 6) is -1.91. The van der Waals surface area contributed by atoms with Crippen LogP contribution in [0.5, 0.6) is 17.2 Å². The summed E-state index contributed by atoms with van der Waals surface area (Å²) >= 11 is 0. The molecular formula is C10H14N4O4. The zero-order valence-electron chi connectivity index (χ0n) is 9.85. The molecule has 0 aliphatic carbocycles. The normalized spacial score (nSPS) is 9.67. The number of nitrogens with one attached hydrogen (secondary N) is 3. The van der Waals surface area contributed by atoms with E-state index in [1.54, 1.807) is 0 Å². The Morgan fingerprint density at radius 1 is 1.28 bits per heavy atom. The van der Waals surface area contributed by atoms with Crippen LogP contribution in [0.4, 0.5) is 10.5 Å². The molecule has 0 aliphatic rings. The van der Waals surface area contributed by atoms with Crippen LogP contribution in [0.1, 0.15) is 0 Å². The van der Waals surface area contributed by atoms with Gasteiger partial charge in [-0.1, -0.05) is 0 Å². The standard InChI is InChI=1S/C10H14N4O4/c1-12-9(11)14(2)10(18)13-5-3-6(15)8(17)7(16)4-5/h3-4,15-17H,1-2H3,(H2,11,12)(H,13,18). The maximum atomic E-state index is 11.6. The summed E-state index contributed by atoms with van der Waals surface area (Å²) in [6.07, 6.45) is 0. The monoisotopic (exact) mass is 254 g/mol. The number of phenols is 3. The third-order valence-electron chi connectivity index (χ3n) is 2.20. The molecule has 1 rings (SSSR count). The van der Waals surface area contributed by atoms with Gasteiger partial charge in [0.1, 0.15) is 0 Å². The Kier molecular flexibility index (Phi) is 3.82. The second-order valence-corrected chi connectivity index (χ2v) is 3.45. The van der Waals surface area contributed by atoms with Crippen molar-refractivity contribution >= 4 is 17.7 Å². The van der Waals surface area contributed by atoms with Gasteiger partial charge >= 0.3 is 6.03 Å². The van der Waals surface area contributed by atoms with Crippen molar-refractivity contribution in [1.29, 1.82) is 5.41 Å². The SMILES string of the molecule is CNC(=N)N(C)C(=O)Nc1cc(O)c(O)c(O)c1. The van der Waals surface area contributed by atoms with E-state index in [1.165, 1.54) is 14.1 Å². The van der Waals surface area contributed by atoms with E-state index in [-0.39, 0.29) is 11.6 Å². The minimum absolute atomic E-state index is 0.0866. The van der Waals surface area contributed by atoms with Gasteiger partial charge in [-0.2, -0.15) is 0 Å². The first-order valence-electron chi connectivity index (χ1n) is 4.92. The van der Waals surface area contributed by atoms with Gasteiger partial charge in [0.25, 0.3) is 0 Å². The molecule has 0 radical (unpaired) electrons. The molecule has 18 heavy (non-hydrogen) atoms. The Bertz CT molecular complexity index is 466. The number of anilines is 1. The highest BCUT2D eigenvalue weighted by molar-refractivity contribution is 6.01. The average Bonchev–Trinajstić information content (AvgIpc) is 2.33. The van der Waals surface area contributed by atoms with Crippen LogP contribution < -0.4 is 10.6 Å². The molecule has 0 heterocycles. The van der Waals surface area contributed by atoms with Gasteiger partial charge in [0.15, 0.2) is 23.2 Å². The molecule has 0 aliphatic heterocycles. The number of hydrogen-bond donors (Lipinski definition) is 6. The van der Waals surface area contributed by atoms with E-state index in [9.17, 15) is 15.0 Å². The van der Waals surface area contributed by atoms with Crippen molar-refractivity contribution in [3.05, 3.63) is 12.1 Å². The highest BCUT2D eigenvalue weighted by Gasteiger charge is 2.14. The maximum Gasteiger partial charge on any atom is 0.328 e. The van der Waals surface area contributed by atoms with Crippen LogP contribution in [0.3, 0.4) is 0 Å². The van der Waals surface area contributed by atoms with E-state index in [4.69, 9.17) is 10.5 Å². The van der Waals surface area contributed by atoms with Crippen molar-refractivity contribution in [3.63, 3.8) is 0 Å². The Morgan fingerprint density at radius 3 is 2.22 bits per heavy atom. The number of hydrogen-bond acceptors (Lipinski definition) is 5. The Balaban J connectivity index is 2.86. The first-order valence-corrected chi connectivity index (χ1v) is 4.92. The van der Waals surface area contributed by atoms with E-state index >= 15 is 0 Å². The van der Waals surface area contributed by atoms with Gasteiger partial charge in [-0.3, -0.25) is 10.3 Å². The molecule has 98 valence electrons. The number of aromatic hydroxyl groups is 3. The Hall–Kier alpha value is -2.64. The lowest BCUT2D eigenvalue weighted by atomic mass is 10.2. The third-order valence-corrected chi connectivity index (χ3v) is 2.20. The van der Waals surface area contributed by atoms with Crippen molar-refractivity contribution in [3.8, 4) is 17.2 Å². The molecule has 0 aromatic heterocycles. The third kappa shape index (κ3) is 2.73. The fourth-order valence-electron chi connectivity index (χ4n) is 1.15. The smallest absolute Gasteiger partial charge is 0.328 e. The molecular weight excluding hydrogens is 240 g/mol.